The maximum absolute atomic E-state index is 12.9. The van der Waals surface area contributed by atoms with Crippen molar-refractivity contribution in [3.05, 3.63) is 65.9 Å². The topological polar surface area (TPSA) is 83.5 Å². The van der Waals surface area contributed by atoms with Crippen LogP contribution in [-0.4, -0.2) is 24.5 Å². The Balaban J connectivity index is 1.78. The van der Waals surface area contributed by atoms with Gasteiger partial charge < -0.3 is 14.1 Å². The lowest BCUT2D eigenvalue weighted by atomic mass is 10.1. The average molecular weight is 376 g/mol. The number of furan rings is 1. The highest BCUT2D eigenvalue weighted by molar-refractivity contribution is 6.00. The predicted molar refractivity (Wildman–Crippen MR) is 105 cm³/mol. The molecular weight excluding hydrogens is 356 g/mol. The molecule has 0 saturated carbocycles. The number of anilines is 1. The molecule has 0 aliphatic carbocycles. The maximum Gasteiger partial charge on any atom is 0.375 e. The number of benzene rings is 2. The van der Waals surface area contributed by atoms with Crippen LogP contribution in [0.3, 0.4) is 0 Å². The second-order valence-electron chi connectivity index (χ2n) is 6.33. The summed E-state index contributed by atoms with van der Waals surface area (Å²) in [5.41, 5.74) is 1.90. The van der Waals surface area contributed by atoms with Crippen LogP contribution >= 0.6 is 0 Å². The van der Waals surface area contributed by atoms with E-state index < -0.39 is 18.0 Å². The minimum Gasteiger partial charge on any atom is -0.449 e. The van der Waals surface area contributed by atoms with Crippen LogP contribution < -0.4 is 4.90 Å². The molecule has 1 heterocycles. The number of para-hydroxylation sites is 2. The molecule has 0 radical (unpaired) electrons. The Morgan fingerprint density at radius 1 is 1.14 bits per heavy atom. The molecule has 6 nitrogen and oxygen atoms in total. The summed E-state index contributed by atoms with van der Waals surface area (Å²) in [5, 5.41) is 9.72. The van der Waals surface area contributed by atoms with Crippen LogP contribution in [0.5, 0.6) is 0 Å². The first-order chi connectivity index (χ1) is 13.5. The lowest BCUT2D eigenvalue weighted by Crippen LogP contribution is -2.40. The number of hydrogen-bond acceptors (Lipinski definition) is 5. The highest BCUT2D eigenvalue weighted by Crippen LogP contribution is 2.26. The Bertz CT molecular complexity index is 1030. The number of amides is 1. The fourth-order valence-corrected chi connectivity index (χ4v) is 2.99. The van der Waals surface area contributed by atoms with Gasteiger partial charge in [0.25, 0.3) is 5.91 Å². The molecule has 2 aromatic carbocycles. The lowest BCUT2D eigenvalue weighted by molar-refractivity contribution is -0.126. The number of nitrogens with zero attached hydrogens (tertiary/aromatic N) is 2. The number of hydrogen-bond donors (Lipinski definition) is 0. The normalized spacial score (nSPS) is 11.6. The average Bonchev–Trinajstić information content (AvgIpc) is 3.06. The largest absolute Gasteiger partial charge is 0.449 e. The monoisotopic (exact) mass is 376 g/mol. The molecule has 1 unspecified atom stereocenters. The number of aryl methyl sites for hydroxylation is 1. The summed E-state index contributed by atoms with van der Waals surface area (Å²) in [7, 11) is 0. The quantitative estimate of drug-likeness (QED) is 0.601. The van der Waals surface area contributed by atoms with Gasteiger partial charge in [-0.1, -0.05) is 36.4 Å². The summed E-state index contributed by atoms with van der Waals surface area (Å²) in [4.78, 5) is 26.9. The number of rotatable bonds is 6. The van der Waals surface area contributed by atoms with Gasteiger partial charge in [0.1, 0.15) is 5.58 Å². The maximum atomic E-state index is 12.9. The van der Waals surface area contributed by atoms with E-state index in [-0.39, 0.29) is 18.7 Å². The number of nitriles is 1. The molecule has 0 saturated heterocycles. The van der Waals surface area contributed by atoms with Crippen LogP contribution in [0.15, 0.2) is 59.0 Å². The minimum atomic E-state index is -1.03. The van der Waals surface area contributed by atoms with E-state index >= 15 is 0 Å². The predicted octanol–water partition coefficient (Wildman–Crippen LogP) is 4.23. The first-order valence-electron chi connectivity index (χ1n) is 8.95. The van der Waals surface area contributed by atoms with E-state index in [1.165, 1.54) is 11.8 Å². The zero-order valence-electron chi connectivity index (χ0n) is 15.7. The Labute approximate surface area is 162 Å². The van der Waals surface area contributed by atoms with Gasteiger partial charge in [0.05, 0.1) is 12.5 Å². The molecule has 28 heavy (non-hydrogen) atoms. The second-order valence-corrected chi connectivity index (χ2v) is 6.33. The van der Waals surface area contributed by atoms with Gasteiger partial charge in [-0.15, -0.1) is 0 Å². The molecule has 6 heteroatoms. The van der Waals surface area contributed by atoms with Crippen LogP contribution in [0, 0.1) is 18.3 Å². The number of ether oxygens (including phenoxy) is 1. The smallest absolute Gasteiger partial charge is 0.375 e. The Morgan fingerprint density at radius 3 is 2.50 bits per heavy atom. The highest BCUT2D eigenvalue weighted by atomic mass is 16.6. The molecule has 1 atom stereocenters. The minimum absolute atomic E-state index is 0.0872. The standard InChI is InChI=1S/C22H20N2O4/c1-15-18-11-6-7-12-19(18)28-20(15)22(26)27-16(2)21(25)24(14-8-13-23)17-9-4-3-5-10-17/h3-7,9-12,16H,8,14H2,1-2H3. The SMILES string of the molecule is Cc1c(C(=O)OC(C)C(=O)N(CCC#N)c2ccccc2)oc2ccccc12. The van der Waals surface area contributed by atoms with Gasteiger partial charge in [-0.3, -0.25) is 4.79 Å². The van der Waals surface area contributed by atoms with Crippen LogP contribution in [0.4, 0.5) is 5.69 Å². The van der Waals surface area contributed by atoms with Crippen molar-refractivity contribution in [3.63, 3.8) is 0 Å². The Morgan fingerprint density at radius 2 is 1.82 bits per heavy atom. The first-order valence-corrected chi connectivity index (χ1v) is 8.95. The van der Waals surface area contributed by atoms with Crippen LogP contribution in [-0.2, 0) is 9.53 Å². The van der Waals surface area contributed by atoms with E-state index in [4.69, 9.17) is 14.4 Å². The number of esters is 1. The van der Waals surface area contributed by atoms with Gasteiger partial charge in [0.2, 0.25) is 5.76 Å². The third-order valence-electron chi connectivity index (χ3n) is 4.44. The van der Waals surface area contributed by atoms with E-state index in [1.54, 1.807) is 37.3 Å². The summed E-state index contributed by atoms with van der Waals surface area (Å²) in [6.45, 7) is 3.50. The molecule has 3 aromatic rings. The molecular formula is C22H20N2O4. The van der Waals surface area contributed by atoms with Gasteiger partial charge in [-0.2, -0.15) is 5.26 Å². The van der Waals surface area contributed by atoms with Crippen molar-refractivity contribution in [2.24, 2.45) is 0 Å². The Kier molecular flexibility index (Phi) is 5.75. The summed E-state index contributed by atoms with van der Waals surface area (Å²) < 4.78 is 11.0. The van der Waals surface area contributed by atoms with Crippen molar-refractivity contribution in [3.8, 4) is 6.07 Å². The molecule has 0 aliphatic heterocycles. The van der Waals surface area contributed by atoms with Crippen molar-refractivity contribution < 1.29 is 18.7 Å². The highest BCUT2D eigenvalue weighted by Gasteiger charge is 2.27. The van der Waals surface area contributed by atoms with Crippen molar-refractivity contribution >= 4 is 28.5 Å². The summed E-state index contributed by atoms with van der Waals surface area (Å²) >= 11 is 0. The van der Waals surface area contributed by atoms with Gasteiger partial charge in [-0.05, 0) is 32.0 Å². The molecule has 0 aliphatic rings. The zero-order valence-corrected chi connectivity index (χ0v) is 15.7. The molecule has 1 amide bonds. The van der Waals surface area contributed by atoms with Gasteiger partial charge in [-0.25, -0.2) is 4.79 Å². The molecule has 1 aromatic heterocycles. The summed E-state index contributed by atoms with van der Waals surface area (Å²) in [5.74, 6) is -1.00. The van der Waals surface area contributed by atoms with E-state index in [0.717, 1.165) is 5.39 Å². The van der Waals surface area contributed by atoms with Gasteiger partial charge >= 0.3 is 5.97 Å². The molecule has 0 fully saturated rings. The Hall–Kier alpha value is -3.59. The van der Waals surface area contributed by atoms with E-state index in [0.29, 0.717) is 16.8 Å². The molecule has 0 bridgehead atoms. The first kappa shape index (κ1) is 19.2. The fraction of sp³-hybridized carbons (Fsp3) is 0.227. The van der Waals surface area contributed by atoms with Crippen LogP contribution in [0.1, 0.15) is 29.5 Å². The van der Waals surface area contributed by atoms with Crippen molar-refractivity contribution in [1.29, 1.82) is 5.26 Å². The van der Waals surface area contributed by atoms with E-state index in [9.17, 15) is 9.59 Å². The van der Waals surface area contributed by atoms with Gasteiger partial charge in [0.15, 0.2) is 6.10 Å². The molecule has 0 N–H and O–H groups in total. The third kappa shape index (κ3) is 3.89. The number of fused-ring (bicyclic) bond motifs is 1. The van der Waals surface area contributed by atoms with E-state index in [1.807, 2.05) is 30.3 Å². The number of carbonyl (C=O) groups is 2. The fourth-order valence-electron chi connectivity index (χ4n) is 2.99. The van der Waals surface area contributed by atoms with Crippen molar-refractivity contribution in [2.75, 3.05) is 11.4 Å². The molecule has 0 spiro atoms. The summed E-state index contributed by atoms with van der Waals surface area (Å²) in [6, 6.07) is 18.3. The van der Waals surface area contributed by atoms with E-state index in [2.05, 4.69) is 0 Å². The van der Waals surface area contributed by atoms with Crippen LogP contribution in [0.25, 0.3) is 11.0 Å². The lowest BCUT2D eigenvalue weighted by Gasteiger charge is -2.24. The van der Waals surface area contributed by atoms with Crippen molar-refractivity contribution in [2.45, 2.75) is 26.4 Å². The zero-order chi connectivity index (χ0) is 20.1. The third-order valence-corrected chi connectivity index (χ3v) is 4.44. The van der Waals surface area contributed by atoms with Gasteiger partial charge in [0, 0.05) is 23.2 Å². The molecule has 142 valence electrons. The number of carbonyl (C=O) groups excluding carboxylic acids is 2. The van der Waals surface area contributed by atoms with Crippen molar-refractivity contribution in [1.82, 2.24) is 0 Å². The second kappa shape index (κ2) is 8.40. The van der Waals surface area contributed by atoms with Crippen LogP contribution in [0.2, 0.25) is 0 Å². The molecule has 3 rings (SSSR count). The summed E-state index contributed by atoms with van der Waals surface area (Å²) in [6.07, 6.45) is -0.858.